The first-order valence-corrected chi connectivity index (χ1v) is 19.1. The largest absolute Gasteiger partial charge is 0.497 e. The van der Waals surface area contributed by atoms with Crippen LogP contribution in [0.5, 0.6) is 11.6 Å². The van der Waals surface area contributed by atoms with Crippen LogP contribution in [-0.4, -0.2) is 89.4 Å². The lowest BCUT2D eigenvalue weighted by Gasteiger charge is -2.33. The molecule has 0 spiro atoms. The first kappa shape index (κ1) is 36.4. The number of nitrogens with zero attached hydrogens (tertiary/aromatic N) is 2. The molecule has 2 aliphatic carbocycles. The number of benzene rings is 1. The first-order chi connectivity index (χ1) is 24.2. The quantitative estimate of drug-likeness (QED) is 0.293. The summed E-state index contributed by atoms with van der Waals surface area (Å²) in [5, 5.41) is 16.6. The summed E-state index contributed by atoms with van der Waals surface area (Å²) < 4.78 is 39.1. The number of allylic oxidation sites excluding steroid dienone is 1. The molecular formula is C36H47N5O9S. The average Bonchev–Trinajstić information content (AvgIpc) is 3.97. The molecule has 15 heteroatoms. The second-order valence-electron chi connectivity index (χ2n) is 14.8. The number of carbonyl (C=O) groups excluding carboxylic acids is 3. The van der Waals surface area contributed by atoms with Gasteiger partial charge in [-0.3, -0.25) is 19.1 Å². The lowest BCUT2D eigenvalue weighted by atomic mass is 9.85. The van der Waals surface area contributed by atoms with E-state index in [0.717, 1.165) is 11.8 Å². The Hall–Kier alpha value is -4.40. The molecule has 2 aromatic rings. The summed E-state index contributed by atoms with van der Waals surface area (Å²) in [5.41, 5.74) is -1.54. The molecule has 276 valence electrons. The number of rotatable bonds is 8. The van der Waals surface area contributed by atoms with E-state index < -0.39 is 68.2 Å². The predicted molar refractivity (Wildman–Crippen MR) is 187 cm³/mol. The normalized spacial score (nSPS) is 30.5. The highest BCUT2D eigenvalue weighted by Gasteiger charge is 2.63. The van der Waals surface area contributed by atoms with Crippen molar-refractivity contribution >= 4 is 44.6 Å². The molecule has 2 aliphatic heterocycles. The van der Waals surface area contributed by atoms with Crippen LogP contribution >= 0.6 is 0 Å². The van der Waals surface area contributed by atoms with Gasteiger partial charge in [0.1, 0.15) is 29.5 Å². The van der Waals surface area contributed by atoms with Crippen LogP contribution in [0.4, 0.5) is 4.79 Å². The molecule has 14 nitrogen and oxygen atoms in total. The lowest BCUT2D eigenvalue weighted by molar-refractivity contribution is -0.142. The molecule has 0 bridgehead atoms. The van der Waals surface area contributed by atoms with Crippen molar-refractivity contribution in [2.24, 2.45) is 17.8 Å². The molecule has 1 saturated heterocycles. The van der Waals surface area contributed by atoms with Crippen LogP contribution < -0.4 is 24.8 Å². The van der Waals surface area contributed by atoms with Crippen LogP contribution in [0.1, 0.15) is 72.1 Å². The Labute approximate surface area is 297 Å². The van der Waals surface area contributed by atoms with E-state index in [0.29, 0.717) is 49.1 Å². The summed E-state index contributed by atoms with van der Waals surface area (Å²) in [7, 11) is -2.43. The average molecular weight is 726 g/mol. The fourth-order valence-electron chi connectivity index (χ4n) is 7.46. The van der Waals surface area contributed by atoms with E-state index in [1.54, 1.807) is 26.3 Å². The molecule has 51 heavy (non-hydrogen) atoms. The number of ether oxygens (including phenoxy) is 2. The minimum absolute atomic E-state index is 0.0212. The van der Waals surface area contributed by atoms with E-state index in [1.165, 1.54) is 4.90 Å². The van der Waals surface area contributed by atoms with Crippen molar-refractivity contribution in [3.63, 3.8) is 0 Å². The van der Waals surface area contributed by atoms with Gasteiger partial charge in [0.15, 0.2) is 0 Å². The Balaban J connectivity index is 1.35. The highest BCUT2D eigenvalue weighted by molar-refractivity contribution is 7.91. The minimum Gasteiger partial charge on any atom is -0.497 e. The van der Waals surface area contributed by atoms with Crippen molar-refractivity contribution in [1.82, 2.24) is 25.2 Å². The maximum atomic E-state index is 14.5. The zero-order valence-corrected chi connectivity index (χ0v) is 30.2. The first-order valence-electron chi connectivity index (χ1n) is 17.6. The van der Waals surface area contributed by atoms with Gasteiger partial charge in [-0.05, 0) is 86.9 Å². The summed E-state index contributed by atoms with van der Waals surface area (Å²) in [6.07, 6.45) is 6.87. The molecule has 7 atom stereocenters. The van der Waals surface area contributed by atoms with Crippen LogP contribution in [0, 0.1) is 17.8 Å². The molecule has 4 N–H and O–H groups in total. The summed E-state index contributed by atoms with van der Waals surface area (Å²) >= 11 is 0. The minimum atomic E-state index is -4.00. The number of methoxy groups -OCH3 is 1. The molecule has 3 fully saturated rings. The Bertz CT molecular complexity index is 1850. The predicted octanol–water partition coefficient (Wildman–Crippen LogP) is 3.50. The summed E-state index contributed by atoms with van der Waals surface area (Å²) in [6.45, 7) is 5.48. The molecule has 4 amide bonds. The molecule has 3 heterocycles. The molecule has 0 unspecified atom stereocenters. The standard InChI is InChI=1S/C36H47N5O9S/c1-5-22-16-21(2)8-6-7-9-24-19-36(24,33(44)40-51(47,48)35(3)13-14-35)39-30(42)28-18-26(20-41(28)32(43)29(22)38-34(45)46)50-31-27-11-10-25(49-4)17-23(27)12-15-37-31/h7,9-12,15,17,21-22,24,26,28-29,38H,5-6,8,13-14,16,18-20H2,1-4H3,(H,39,42)(H,40,44)(H,45,46)/t21-,22-,24-,26-,28+,29+,36-/m1/s1. The van der Waals surface area contributed by atoms with Gasteiger partial charge in [-0.25, -0.2) is 18.2 Å². The molecule has 0 radical (unpaired) electrons. The van der Waals surface area contributed by atoms with Crippen molar-refractivity contribution in [3.05, 3.63) is 42.6 Å². The molecule has 4 aliphatic rings. The molecule has 2 saturated carbocycles. The van der Waals surface area contributed by atoms with Crippen LogP contribution in [0.2, 0.25) is 0 Å². The monoisotopic (exact) mass is 725 g/mol. The van der Waals surface area contributed by atoms with Gasteiger partial charge in [-0.15, -0.1) is 0 Å². The highest BCUT2D eigenvalue weighted by atomic mass is 32.2. The van der Waals surface area contributed by atoms with Gasteiger partial charge < -0.3 is 30.1 Å². The van der Waals surface area contributed by atoms with Crippen LogP contribution in [0.3, 0.4) is 0 Å². The van der Waals surface area contributed by atoms with Gasteiger partial charge in [-0.1, -0.05) is 32.4 Å². The van der Waals surface area contributed by atoms with Gasteiger partial charge in [0.25, 0.3) is 5.91 Å². The summed E-state index contributed by atoms with van der Waals surface area (Å²) in [4.78, 5) is 60.4. The van der Waals surface area contributed by atoms with Gasteiger partial charge >= 0.3 is 6.09 Å². The topological polar surface area (TPSA) is 193 Å². The smallest absolute Gasteiger partial charge is 0.405 e. The fourth-order valence-corrected chi connectivity index (χ4v) is 8.77. The third kappa shape index (κ3) is 7.35. The second-order valence-corrected chi connectivity index (χ2v) is 17.0. The maximum absolute atomic E-state index is 14.5. The second kappa shape index (κ2) is 14.0. The van der Waals surface area contributed by atoms with Gasteiger partial charge in [0, 0.05) is 23.9 Å². The van der Waals surface area contributed by atoms with E-state index in [9.17, 15) is 32.7 Å². The van der Waals surface area contributed by atoms with E-state index >= 15 is 0 Å². The number of hydrogen-bond acceptors (Lipinski definition) is 9. The third-order valence-electron chi connectivity index (χ3n) is 11.1. The number of sulfonamides is 1. The fraction of sp³-hybridized carbons (Fsp3) is 0.583. The van der Waals surface area contributed by atoms with Crippen LogP contribution in [0.25, 0.3) is 10.8 Å². The number of amides is 4. The van der Waals surface area contributed by atoms with Crippen LogP contribution in [-0.2, 0) is 24.4 Å². The molecule has 1 aromatic carbocycles. The lowest BCUT2D eigenvalue weighted by Crippen LogP contribution is -2.59. The Morgan fingerprint density at radius 1 is 1.18 bits per heavy atom. The number of fused-ring (bicyclic) bond motifs is 3. The summed E-state index contributed by atoms with van der Waals surface area (Å²) in [5.74, 6) is -1.77. The highest BCUT2D eigenvalue weighted by Crippen LogP contribution is 2.47. The maximum Gasteiger partial charge on any atom is 0.405 e. The SMILES string of the molecule is CC[C@@H]1C[C@H](C)CCC=C[C@@H]2C[C@@]2(C(=O)NS(=O)(=O)C2(C)CC2)NC(=O)[C@@H]2C[C@@H](Oc3nccc4cc(OC)ccc34)CN2C(=O)[C@H]1NC(=O)O. The van der Waals surface area contributed by atoms with Gasteiger partial charge in [0.2, 0.25) is 27.7 Å². The Morgan fingerprint density at radius 3 is 2.63 bits per heavy atom. The van der Waals surface area contributed by atoms with Gasteiger partial charge in [0.05, 0.1) is 18.4 Å². The summed E-state index contributed by atoms with van der Waals surface area (Å²) in [6, 6.07) is 4.94. The van der Waals surface area contributed by atoms with Crippen molar-refractivity contribution in [2.75, 3.05) is 13.7 Å². The Kier molecular flexibility index (Phi) is 9.96. The van der Waals surface area contributed by atoms with E-state index in [2.05, 4.69) is 27.3 Å². The van der Waals surface area contributed by atoms with Crippen molar-refractivity contribution in [2.45, 2.75) is 101 Å². The van der Waals surface area contributed by atoms with E-state index in [4.69, 9.17) is 9.47 Å². The number of carbonyl (C=O) groups is 4. The zero-order chi connectivity index (χ0) is 36.7. The number of nitrogens with one attached hydrogen (secondary N) is 3. The molecular weight excluding hydrogens is 678 g/mol. The van der Waals surface area contributed by atoms with Crippen molar-refractivity contribution in [3.8, 4) is 11.6 Å². The number of hydrogen-bond donors (Lipinski definition) is 4. The van der Waals surface area contributed by atoms with E-state index in [-0.39, 0.29) is 31.2 Å². The van der Waals surface area contributed by atoms with Crippen LogP contribution in [0.15, 0.2) is 42.6 Å². The van der Waals surface area contributed by atoms with E-state index in [1.807, 2.05) is 37.3 Å². The number of pyridine rings is 1. The third-order valence-corrected chi connectivity index (χ3v) is 13.3. The Morgan fingerprint density at radius 2 is 1.94 bits per heavy atom. The number of aromatic nitrogens is 1. The van der Waals surface area contributed by atoms with Gasteiger partial charge in [-0.2, -0.15) is 0 Å². The molecule has 6 rings (SSSR count). The molecule has 1 aromatic heterocycles. The number of carboxylic acid groups (broad SMARTS) is 1. The van der Waals surface area contributed by atoms with Crippen molar-refractivity contribution < 1.29 is 42.2 Å². The van der Waals surface area contributed by atoms with Crippen molar-refractivity contribution in [1.29, 1.82) is 0 Å². The zero-order valence-electron chi connectivity index (χ0n) is 29.4.